The number of carbonyl (C=O) groups is 1. The maximum atomic E-state index is 13.1. The summed E-state index contributed by atoms with van der Waals surface area (Å²) in [5, 5.41) is 13.6. The second kappa shape index (κ2) is 9.18. The Labute approximate surface area is 167 Å². The normalized spacial score (nSPS) is 21.9. The third-order valence-electron chi connectivity index (χ3n) is 5.40. The zero-order valence-corrected chi connectivity index (χ0v) is 16.9. The van der Waals surface area contributed by atoms with Crippen molar-refractivity contribution in [1.29, 1.82) is 0 Å². The van der Waals surface area contributed by atoms with Gasteiger partial charge in [-0.3, -0.25) is 4.79 Å². The summed E-state index contributed by atoms with van der Waals surface area (Å²) in [5.74, 6) is 0.0977. The van der Waals surface area contributed by atoms with Gasteiger partial charge in [0.05, 0.1) is 18.7 Å². The molecular weight excluding hydrogens is 348 g/mol. The summed E-state index contributed by atoms with van der Waals surface area (Å²) < 4.78 is 0. The maximum absolute atomic E-state index is 13.1. The van der Waals surface area contributed by atoms with Crippen LogP contribution in [-0.4, -0.2) is 47.2 Å². The number of amides is 1. The molecule has 3 atom stereocenters. The molecule has 4 nitrogen and oxygen atoms in total. The SMILES string of the molecule is C/C=C/c1ccc([C@@H]2[C@@H](CO)N(C(=O)c3ccccc3)[C@@H]2CNC(C)C)cc1. The van der Waals surface area contributed by atoms with Crippen molar-refractivity contribution in [2.24, 2.45) is 0 Å². The second-order valence-corrected chi connectivity index (χ2v) is 7.65. The van der Waals surface area contributed by atoms with Crippen LogP contribution < -0.4 is 5.32 Å². The summed E-state index contributed by atoms with van der Waals surface area (Å²) >= 11 is 0. The molecule has 2 N–H and O–H groups in total. The highest BCUT2D eigenvalue weighted by molar-refractivity contribution is 5.95. The Morgan fingerprint density at radius 1 is 1.11 bits per heavy atom. The number of aliphatic hydroxyl groups excluding tert-OH is 1. The molecule has 148 valence electrons. The van der Waals surface area contributed by atoms with Gasteiger partial charge in [0.1, 0.15) is 0 Å². The Bertz CT molecular complexity index is 799. The number of allylic oxidation sites excluding steroid dienone is 1. The van der Waals surface area contributed by atoms with Gasteiger partial charge in [-0.05, 0) is 30.2 Å². The second-order valence-electron chi connectivity index (χ2n) is 7.65. The van der Waals surface area contributed by atoms with Crippen molar-refractivity contribution in [2.75, 3.05) is 13.2 Å². The van der Waals surface area contributed by atoms with Crippen molar-refractivity contribution < 1.29 is 9.90 Å². The average Bonchev–Trinajstić information content (AvgIpc) is 2.69. The highest BCUT2D eigenvalue weighted by atomic mass is 16.3. The van der Waals surface area contributed by atoms with E-state index in [2.05, 4.69) is 49.5 Å². The number of hydrogen-bond acceptors (Lipinski definition) is 3. The van der Waals surface area contributed by atoms with E-state index in [9.17, 15) is 9.90 Å². The van der Waals surface area contributed by atoms with Gasteiger partial charge in [-0.25, -0.2) is 0 Å². The number of nitrogens with zero attached hydrogens (tertiary/aromatic N) is 1. The molecule has 0 bridgehead atoms. The van der Waals surface area contributed by atoms with Crippen LogP contribution >= 0.6 is 0 Å². The molecule has 0 aromatic heterocycles. The van der Waals surface area contributed by atoms with Gasteiger partial charge < -0.3 is 15.3 Å². The van der Waals surface area contributed by atoms with E-state index in [1.807, 2.05) is 48.2 Å². The van der Waals surface area contributed by atoms with E-state index in [0.717, 1.165) is 5.56 Å². The molecule has 1 saturated heterocycles. The smallest absolute Gasteiger partial charge is 0.254 e. The lowest BCUT2D eigenvalue weighted by molar-refractivity contribution is -0.0251. The first kappa shape index (κ1) is 20.3. The molecule has 1 heterocycles. The van der Waals surface area contributed by atoms with Crippen LogP contribution in [0.5, 0.6) is 0 Å². The standard InChI is InChI=1S/C24H30N2O2/c1-4-8-18-11-13-19(14-12-18)23-21(15-25-17(2)3)26(22(23)16-27)24(28)20-9-6-5-7-10-20/h4-14,17,21-23,25,27H,15-16H2,1-3H3/b8-4+/t21-,22-,23+/m1/s1. The monoisotopic (exact) mass is 378 g/mol. The Hall–Kier alpha value is -2.43. The highest BCUT2D eigenvalue weighted by Crippen LogP contribution is 2.41. The molecule has 3 rings (SSSR count). The van der Waals surface area contributed by atoms with Crippen LogP contribution in [0.1, 0.15) is 48.2 Å². The molecular formula is C24H30N2O2. The third kappa shape index (κ3) is 4.18. The van der Waals surface area contributed by atoms with E-state index in [1.165, 1.54) is 5.56 Å². The largest absolute Gasteiger partial charge is 0.394 e. The minimum absolute atomic E-state index is 0.0137. The Balaban J connectivity index is 1.88. The number of benzene rings is 2. The molecule has 1 aliphatic rings. The molecule has 2 aromatic carbocycles. The van der Waals surface area contributed by atoms with Gasteiger partial charge in [0, 0.05) is 24.1 Å². The molecule has 0 spiro atoms. The minimum Gasteiger partial charge on any atom is -0.394 e. The Morgan fingerprint density at radius 2 is 1.79 bits per heavy atom. The molecule has 28 heavy (non-hydrogen) atoms. The Kier molecular flexibility index (Phi) is 6.65. The van der Waals surface area contributed by atoms with Crippen molar-refractivity contribution in [2.45, 2.75) is 44.8 Å². The molecule has 0 aliphatic carbocycles. The van der Waals surface area contributed by atoms with Crippen LogP contribution in [0.25, 0.3) is 6.08 Å². The summed E-state index contributed by atoms with van der Waals surface area (Å²) in [7, 11) is 0. The van der Waals surface area contributed by atoms with Gasteiger partial charge in [0.25, 0.3) is 5.91 Å². The predicted octanol–water partition coefficient (Wildman–Crippen LogP) is 3.69. The van der Waals surface area contributed by atoms with Gasteiger partial charge in [-0.2, -0.15) is 0 Å². The summed E-state index contributed by atoms with van der Waals surface area (Å²) in [5.41, 5.74) is 2.98. The van der Waals surface area contributed by atoms with Gasteiger partial charge in [0.15, 0.2) is 0 Å². The van der Waals surface area contributed by atoms with Crippen molar-refractivity contribution in [1.82, 2.24) is 10.2 Å². The van der Waals surface area contributed by atoms with Crippen molar-refractivity contribution in [3.63, 3.8) is 0 Å². The van der Waals surface area contributed by atoms with Gasteiger partial charge in [-0.1, -0.05) is 68.5 Å². The molecule has 0 saturated carbocycles. The molecule has 2 aromatic rings. The van der Waals surface area contributed by atoms with E-state index in [1.54, 1.807) is 0 Å². The van der Waals surface area contributed by atoms with Crippen molar-refractivity contribution >= 4 is 12.0 Å². The number of aliphatic hydroxyl groups is 1. The lowest BCUT2D eigenvalue weighted by atomic mass is 9.74. The molecule has 1 amide bonds. The number of rotatable bonds is 7. The summed E-state index contributed by atoms with van der Waals surface area (Å²) in [6.07, 6.45) is 4.08. The molecule has 0 radical (unpaired) electrons. The summed E-state index contributed by atoms with van der Waals surface area (Å²) in [4.78, 5) is 15.0. The summed E-state index contributed by atoms with van der Waals surface area (Å²) in [6, 6.07) is 17.9. The molecule has 1 aliphatic heterocycles. The third-order valence-corrected chi connectivity index (χ3v) is 5.40. The predicted molar refractivity (Wildman–Crippen MR) is 114 cm³/mol. The van der Waals surface area contributed by atoms with E-state index < -0.39 is 0 Å². The first-order chi connectivity index (χ1) is 13.6. The van der Waals surface area contributed by atoms with Crippen LogP contribution in [0.2, 0.25) is 0 Å². The van der Waals surface area contributed by atoms with E-state index in [0.29, 0.717) is 18.2 Å². The first-order valence-corrected chi connectivity index (χ1v) is 10.0. The molecule has 4 heteroatoms. The maximum Gasteiger partial charge on any atom is 0.254 e. The fraction of sp³-hybridized carbons (Fsp3) is 0.375. The minimum atomic E-state index is -0.209. The van der Waals surface area contributed by atoms with Crippen molar-refractivity contribution in [3.8, 4) is 0 Å². The number of nitrogens with one attached hydrogen (secondary N) is 1. The number of likely N-dealkylation sites (tertiary alicyclic amines) is 1. The van der Waals surface area contributed by atoms with Crippen LogP contribution in [0.15, 0.2) is 60.7 Å². The first-order valence-electron chi connectivity index (χ1n) is 10.0. The Morgan fingerprint density at radius 3 is 2.36 bits per heavy atom. The lowest BCUT2D eigenvalue weighted by Crippen LogP contribution is -2.68. The van der Waals surface area contributed by atoms with Crippen molar-refractivity contribution in [3.05, 3.63) is 77.4 Å². The van der Waals surface area contributed by atoms with E-state index >= 15 is 0 Å². The quantitative estimate of drug-likeness (QED) is 0.773. The van der Waals surface area contributed by atoms with Crippen LogP contribution in [0.4, 0.5) is 0 Å². The number of hydrogen-bond donors (Lipinski definition) is 2. The summed E-state index contributed by atoms with van der Waals surface area (Å²) in [6.45, 7) is 6.87. The van der Waals surface area contributed by atoms with Gasteiger partial charge >= 0.3 is 0 Å². The van der Waals surface area contributed by atoms with E-state index in [4.69, 9.17) is 0 Å². The number of carbonyl (C=O) groups excluding carboxylic acids is 1. The fourth-order valence-electron chi connectivity index (χ4n) is 4.03. The molecule has 1 fully saturated rings. The zero-order chi connectivity index (χ0) is 20.1. The van der Waals surface area contributed by atoms with E-state index in [-0.39, 0.29) is 30.5 Å². The topological polar surface area (TPSA) is 52.6 Å². The van der Waals surface area contributed by atoms with Gasteiger partial charge in [0.2, 0.25) is 0 Å². The van der Waals surface area contributed by atoms with Crippen LogP contribution in [-0.2, 0) is 0 Å². The van der Waals surface area contributed by atoms with Crippen LogP contribution in [0, 0.1) is 0 Å². The van der Waals surface area contributed by atoms with Gasteiger partial charge in [-0.15, -0.1) is 0 Å². The average molecular weight is 379 g/mol. The lowest BCUT2D eigenvalue weighted by Gasteiger charge is -2.55. The fourth-order valence-corrected chi connectivity index (χ4v) is 4.03. The van der Waals surface area contributed by atoms with Crippen LogP contribution in [0.3, 0.4) is 0 Å². The highest BCUT2D eigenvalue weighted by Gasteiger charge is 2.50. The molecule has 0 unspecified atom stereocenters. The zero-order valence-electron chi connectivity index (χ0n) is 16.9.